The molecule has 0 bridgehead atoms. The molecular formula is C18H31NO. The smallest absolute Gasteiger partial charge is 0.0668 e. The molecule has 0 amide bonds. The molecule has 0 aromatic heterocycles. The summed E-state index contributed by atoms with van der Waals surface area (Å²) in [7, 11) is 0. The number of benzene rings is 1. The zero-order valence-corrected chi connectivity index (χ0v) is 13.8. The van der Waals surface area contributed by atoms with Gasteiger partial charge in [-0.1, -0.05) is 45.0 Å². The first-order chi connectivity index (χ1) is 9.52. The molecule has 0 saturated heterocycles. The largest absolute Gasteiger partial charge is 0.374 e. The van der Waals surface area contributed by atoms with Crippen LogP contribution < -0.4 is 5.32 Å². The Hall–Kier alpha value is -0.860. The van der Waals surface area contributed by atoms with Crippen molar-refractivity contribution in [3.8, 4) is 0 Å². The highest BCUT2D eigenvalue weighted by Crippen LogP contribution is 2.20. The monoisotopic (exact) mass is 277 g/mol. The number of rotatable bonds is 9. The lowest BCUT2D eigenvalue weighted by Gasteiger charge is -2.28. The fourth-order valence-electron chi connectivity index (χ4n) is 1.99. The van der Waals surface area contributed by atoms with Crippen LogP contribution in [0.2, 0.25) is 0 Å². The summed E-state index contributed by atoms with van der Waals surface area (Å²) < 4.78 is 6.09. The molecule has 0 heterocycles. The average Bonchev–Trinajstić information content (AvgIpc) is 2.47. The third-order valence-corrected chi connectivity index (χ3v) is 3.92. The van der Waals surface area contributed by atoms with E-state index in [0.717, 1.165) is 32.4 Å². The fourth-order valence-corrected chi connectivity index (χ4v) is 1.99. The summed E-state index contributed by atoms with van der Waals surface area (Å²) in [6.07, 6.45) is 3.26. The molecular weight excluding hydrogens is 246 g/mol. The molecule has 114 valence electrons. The van der Waals surface area contributed by atoms with E-state index in [1.54, 1.807) is 0 Å². The first-order valence-corrected chi connectivity index (χ1v) is 7.98. The normalized spacial score (nSPS) is 13.4. The minimum atomic E-state index is -0.0461. The molecule has 1 unspecified atom stereocenters. The van der Waals surface area contributed by atoms with Crippen molar-refractivity contribution in [1.29, 1.82) is 0 Å². The Morgan fingerprint density at radius 2 is 1.75 bits per heavy atom. The van der Waals surface area contributed by atoms with E-state index in [1.807, 2.05) is 0 Å². The van der Waals surface area contributed by atoms with Gasteiger partial charge in [0.1, 0.15) is 0 Å². The van der Waals surface area contributed by atoms with Crippen molar-refractivity contribution in [2.24, 2.45) is 0 Å². The van der Waals surface area contributed by atoms with Gasteiger partial charge in [0.05, 0.1) is 18.2 Å². The highest BCUT2D eigenvalue weighted by Gasteiger charge is 2.19. The Labute approximate surface area is 124 Å². The molecule has 1 aromatic carbocycles. The first-order valence-electron chi connectivity index (χ1n) is 7.98. The van der Waals surface area contributed by atoms with E-state index in [0.29, 0.717) is 0 Å². The Morgan fingerprint density at radius 1 is 1.10 bits per heavy atom. The fraction of sp³-hybridized carbons (Fsp3) is 0.667. The Balaban J connectivity index is 2.71. The Kier molecular flexibility index (Phi) is 7.25. The van der Waals surface area contributed by atoms with Gasteiger partial charge in [-0.3, -0.25) is 0 Å². The van der Waals surface area contributed by atoms with Crippen LogP contribution in [0.4, 0.5) is 0 Å². The summed E-state index contributed by atoms with van der Waals surface area (Å²) in [4.78, 5) is 0. The highest BCUT2D eigenvalue weighted by molar-refractivity contribution is 5.25. The SMILES string of the molecule is CCCNC(COC(C)(C)CC)c1ccc(CC)cc1. The maximum atomic E-state index is 6.09. The van der Waals surface area contributed by atoms with Crippen molar-refractivity contribution in [2.75, 3.05) is 13.2 Å². The van der Waals surface area contributed by atoms with Gasteiger partial charge in [0.15, 0.2) is 0 Å². The summed E-state index contributed by atoms with van der Waals surface area (Å²) in [6.45, 7) is 12.6. The van der Waals surface area contributed by atoms with Gasteiger partial charge in [-0.25, -0.2) is 0 Å². The lowest BCUT2D eigenvalue weighted by atomic mass is 10.0. The average molecular weight is 277 g/mol. The number of hydrogen-bond donors (Lipinski definition) is 1. The number of nitrogens with one attached hydrogen (secondary N) is 1. The van der Waals surface area contributed by atoms with E-state index in [1.165, 1.54) is 11.1 Å². The third kappa shape index (κ3) is 5.64. The third-order valence-electron chi connectivity index (χ3n) is 3.92. The van der Waals surface area contributed by atoms with Crippen LogP contribution in [0.1, 0.15) is 64.6 Å². The predicted molar refractivity (Wildman–Crippen MR) is 87.2 cm³/mol. The lowest BCUT2D eigenvalue weighted by Crippen LogP contribution is -2.32. The van der Waals surface area contributed by atoms with Crippen molar-refractivity contribution in [3.05, 3.63) is 35.4 Å². The molecule has 2 nitrogen and oxygen atoms in total. The molecule has 0 fully saturated rings. The molecule has 1 atom stereocenters. The van der Waals surface area contributed by atoms with Crippen LogP contribution in [-0.2, 0) is 11.2 Å². The minimum absolute atomic E-state index is 0.0461. The summed E-state index contributed by atoms with van der Waals surface area (Å²) >= 11 is 0. The molecule has 0 aliphatic carbocycles. The second-order valence-electron chi connectivity index (χ2n) is 6.03. The van der Waals surface area contributed by atoms with Crippen LogP contribution >= 0.6 is 0 Å². The topological polar surface area (TPSA) is 21.3 Å². The molecule has 0 saturated carbocycles. The van der Waals surface area contributed by atoms with Crippen LogP contribution in [0.3, 0.4) is 0 Å². The number of aryl methyl sites for hydroxylation is 1. The number of hydrogen-bond acceptors (Lipinski definition) is 2. The highest BCUT2D eigenvalue weighted by atomic mass is 16.5. The van der Waals surface area contributed by atoms with Crippen LogP contribution in [0.25, 0.3) is 0 Å². The lowest BCUT2D eigenvalue weighted by molar-refractivity contribution is -0.0307. The molecule has 0 aliphatic rings. The van der Waals surface area contributed by atoms with Gasteiger partial charge in [0, 0.05) is 0 Å². The van der Waals surface area contributed by atoms with Crippen molar-refractivity contribution in [1.82, 2.24) is 5.32 Å². The van der Waals surface area contributed by atoms with E-state index in [2.05, 4.69) is 64.2 Å². The van der Waals surface area contributed by atoms with Crippen LogP contribution in [-0.4, -0.2) is 18.8 Å². The van der Waals surface area contributed by atoms with Crippen molar-refractivity contribution in [3.63, 3.8) is 0 Å². The zero-order valence-electron chi connectivity index (χ0n) is 13.8. The van der Waals surface area contributed by atoms with Crippen LogP contribution in [0.5, 0.6) is 0 Å². The van der Waals surface area contributed by atoms with Gasteiger partial charge < -0.3 is 10.1 Å². The molecule has 20 heavy (non-hydrogen) atoms. The van der Waals surface area contributed by atoms with E-state index in [9.17, 15) is 0 Å². The van der Waals surface area contributed by atoms with E-state index < -0.39 is 0 Å². The van der Waals surface area contributed by atoms with Gasteiger partial charge >= 0.3 is 0 Å². The summed E-state index contributed by atoms with van der Waals surface area (Å²) in [6, 6.07) is 9.19. The maximum absolute atomic E-state index is 6.09. The Morgan fingerprint density at radius 3 is 2.25 bits per heavy atom. The second-order valence-corrected chi connectivity index (χ2v) is 6.03. The summed E-state index contributed by atoms with van der Waals surface area (Å²) in [5.74, 6) is 0. The maximum Gasteiger partial charge on any atom is 0.0668 e. The van der Waals surface area contributed by atoms with Crippen molar-refractivity contribution in [2.45, 2.75) is 65.5 Å². The van der Waals surface area contributed by atoms with Gasteiger partial charge in [-0.05, 0) is 50.8 Å². The molecule has 1 N–H and O–H groups in total. The van der Waals surface area contributed by atoms with Crippen LogP contribution in [0.15, 0.2) is 24.3 Å². The van der Waals surface area contributed by atoms with E-state index in [-0.39, 0.29) is 11.6 Å². The Bertz CT molecular complexity index is 370. The van der Waals surface area contributed by atoms with Gasteiger partial charge in [-0.2, -0.15) is 0 Å². The minimum Gasteiger partial charge on any atom is -0.374 e. The summed E-state index contributed by atoms with van der Waals surface area (Å²) in [5.41, 5.74) is 2.66. The van der Waals surface area contributed by atoms with Crippen LogP contribution in [0, 0.1) is 0 Å². The van der Waals surface area contributed by atoms with Crippen molar-refractivity contribution < 1.29 is 4.74 Å². The van der Waals surface area contributed by atoms with Gasteiger partial charge in [0.2, 0.25) is 0 Å². The predicted octanol–water partition coefficient (Wildman–Crippen LogP) is 4.49. The number of ether oxygens (including phenoxy) is 1. The molecule has 1 rings (SSSR count). The first kappa shape index (κ1) is 17.2. The van der Waals surface area contributed by atoms with Crippen molar-refractivity contribution >= 4 is 0 Å². The zero-order chi connectivity index (χ0) is 15.0. The molecule has 2 heteroatoms. The van der Waals surface area contributed by atoms with E-state index in [4.69, 9.17) is 4.74 Å². The molecule has 0 aliphatic heterocycles. The molecule has 0 radical (unpaired) electrons. The van der Waals surface area contributed by atoms with Gasteiger partial charge in [0.25, 0.3) is 0 Å². The van der Waals surface area contributed by atoms with E-state index >= 15 is 0 Å². The van der Waals surface area contributed by atoms with Gasteiger partial charge in [-0.15, -0.1) is 0 Å². The molecule has 1 aromatic rings. The second kappa shape index (κ2) is 8.43. The standard InChI is InChI=1S/C18H31NO/c1-6-13-19-17(14-20-18(4,5)8-3)16-11-9-15(7-2)10-12-16/h9-12,17,19H,6-8,13-14H2,1-5H3. The molecule has 0 spiro atoms. The summed E-state index contributed by atoms with van der Waals surface area (Å²) in [5, 5.41) is 3.59. The quantitative estimate of drug-likeness (QED) is 0.718.